The van der Waals surface area contributed by atoms with Crippen LogP contribution < -0.4 is 5.32 Å². The Morgan fingerprint density at radius 2 is 2.25 bits per heavy atom. The maximum absolute atomic E-state index is 11.6. The summed E-state index contributed by atoms with van der Waals surface area (Å²) in [5.74, 6) is -0.163. The highest BCUT2D eigenvalue weighted by Crippen LogP contribution is 2.14. The zero-order valence-corrected chi connectivity index (χ0v) is 10.6. The molecule has 0 bridgehead atoms. The monoisotopic (exact) mass is 273 g/mol. The number of nitrogens with zero attached hydrogens (tertiary/aromatic N) is 2. The molecule has 20 heavy (non-hydrogen) atoms. The van der Waals surface area contributed by atoms with E-state index in [0.29, 0.717) is 11.3 Å². The van der Waals surface area contributed by atoms with Crippen molar-refractivity contribution >= 4 is 23.6 Å². The largest absolute Gasteiger partial charge is 0.338 e. The Morgan fingerprint density at radius 3 is 2.90 bits per heavy atom. The van der Waals surface area contributed by atoms with Crippen LogP contribution in [0.2, 0.25) is 0 Å². The van der Waals surface area contributed by atoms with Crippen molar-refractivity contribution < 1.29 is 14.2 Å². The number of hydrogen-bond donors (Lipinski definition) is 1. The highest BCUT2D eigenvalue weighted by molar-refractivity contribution is 6.01. The quantitative estimate of drug-likeness (QED) is 0.524. The molecule has 7 heteroatoms. The number of nitro benzene ring substituents is 1. The van der Waals surface area contributed by atoms with Crippen molar-refractivity contribution in [3.8, 4) is 0 Å². The standard InChI is InChI=1S/C13H11N3O4/c1-9-7-13(20-15-9)14-12(17)6-5-10-3-2-4-11(8-10)16(18)19/h2-8H,1H3,(H,14,17). The predicted molar refractivity (Wildman–Crippen MR) is 72.0 cm³/mol. The summed E-state index contributed by atoms with van der Waals surface area (Å²) in [6.45, 7) is 1.73. The lowest BCUT2D eigenvalue weighted by atomic mass is 10.2. The van der Waals surface area contributed by atoms with Crippen molar-refractivity contribution in [1.29, 1.82) is 0 Å². The maximum Gasteiger partial charge on any atom is 0.270 e. The van der Waals surface area contributed by atoms with Gasteiger partial charge in [0.1, 0.15) is 0 Å². The Kier molecular flexibility index (Phi) is 3.90. The van der Waals surface area contributed by atoms with Crippen LogP contribution in [0.3, 0.4) is 0 Å². The Morgan fingerprint density at radius 1 is 1.45 bits per heavy atom. The Hall–Kier alpha value is -2.96. The minimum Gasteiger partial charge on any atom is -0.338 e. The smallest absolute Gasteiger partial charge is 0.270 e. The van der Waals surface area contributed by atoms with Gasteiger partial charge < -0.3 is 4.52 Å². The first-order valence-electron chi connectivity index (χ1n) is 5.71. The maximum atomic E-state index is 11.6. The highest BCUT2D eigenvalue weighted by atomic mass is 16.6. The second kappa shape index (κ2) is 5.79. The van der Waals surface area contributed by atoms with Gasteiger partial charge in [-0.25, -0.2) is 0 Å². The molecule has 0 saturated heterocycles. The number of rotatable bonds is 4. The first-order chi connectivity index (χ1) is 9.54. The summed E-state index contributed by atoms with van der Waals surface area (Å²) in [6, 6.07) is 7.56. The summed E-state index contributed by atoms with van der Waals surface area (Å²) in [4.78, 5) is 21.7. The molecule has 1 amide bonds. The second-order valence-electron chi connectivity index (χ2n) is 4.01. The molecule has 0 fully saturated rings. The van der Waals surface area contributed by atoms with Crippen LogP contribution in [-0.4, -0.2) is 16.0 Å². The molecule has 2 rings (SSSR count). The molecule has 0 saturated carbocycles. The minimum atomic E-state index is -0.491. The van der Waals surface area contributed by atoms with Gasteiger partial charge >= 0.3 is 0 Å². The summed E-state index contributed by atoms with van der Waals surface area (Å²) in [5, 5.41) is 16.7. The zero-order valence-electron chi connectivity index (χ0n) is 10.6. The van der Waals surface area contributed by atoms with Crippen LogP contribution in [0.15, 0.2) is 40.9 Å². The number of aryl methyl sites for hydroxylation is 1. The molecule has 0 unspecified atom stereocenters. The van der Waals surface area contributed by atoms with Gasteiger partial charge in [0.15, 0.2) is 0 Å². The van der Waals surface area contributed by atoms with E-state index in [0.717, 1.165) is 0 Å². The number of benzene rings is 1. The average Bonchev–Trinajstić information content (AvgIpc) is 2.82. The summed E-state index contributed by atoms with van der Waals surface area (Å²) in [5.41, 5.74) is 1.18. The molecule has 0 spiro atoms. The lowest BCUT2D eigenvalue weighted by molar-refractivity contribution is -0.384. The van der Waals surface area contributed by atoms with Crippen LogP contribution >= 0.6 is 0 Å². The van der Waals surface area contributed by atoms with E-state index in [9.17, 15) is 14.9 Å². The topological polar surface area (TPSA) is 98.3 Å². The molecule has 1 N–H and O–H groups in total. The van der Waals surface area contributed by atoms with Crippen LogP contribution in [0.5, 0.6) is 0 Å². The van der Waals surface area contributed by atoms with Crippen LogP contribution in [0.1, 0.15) is 11.3 Å². The minimum absolute atomic E-state index is 0.0292. The number of anilines is 1. The van der Waals surface area contributed by atoms with E-state index in [2.05, 4.69) is 10.5 Å². The normalized spacial score (nSPS) is 10.7. The fraction of sp³-hybridized carbons (Fsp3) is 0.0769. The van der Waals surface area contributed by atoms with Gasteiger partial charge in [0.25, 0.3) is 11.6 Å². The van der Waals surface area contributed by atoms with E-state index in [-0.39, 0.29) is 11.6 Å². The number of carbonyl (C=O) groups is 1. The third-order valence-corrected chi connectivity index (χ3v) is 2.38. The molecule has 1 heterocycles. The van der Waals surface area contributed by atoms with Crippen LogP contribution in [0.25, 0.3) is 6.08 Å². The summed E-state index contributed by atoms with van der Waals surface area (Å²) in [7, 11) is 0. The van der Waals surface area contributed by atoms with E-state index in [4.69, 9.17) is 4.52 Å². The third-order valence-electron chi connectivity index (χ3n) is 2.38. The van der Waals surface area contributed by atoms with E-state index < -0.39 is 10.8 Å². The van der Waals surface area contributed by atoms with Crippen molar-refractivity contribution in [3.63, 3.8) is 0 Å². The van der Waals surface area contributed by atoms with Gasteiger partial charge in [0.2, 0.25) is 5.88 Å². The first-order valence-corrected chi connectivity index (χ1v) is 5.71. The SMILES string of the molecule is Cc1cc(NC(=O)C=Cc2cccc([N+](=O)[O-])c2)on1. The van der Waals surface area contributed by atoms with Crippen molar-refractivity contribution in [2.24, 2.45) is 0 Å². The number of amides is 1. The third kappa shape index (κ3) is 3.52. The fourth-order valence-corrected chi connectivity index (χ4v) is 1.50. The van der Waals surface area contributed by atoms with Gasteiger partial charge in [-0.15, -0.1) is 0 Å². The van der Waals surface area contributed by atoms with E-state index in [1.807, 2.05) is 0 Å². The highest BCUT2D eigenvalue weighted by Gasteiger charge is 2.05. The van der Waals surface area contributed by atoms with Gasteiger partial charge in [-0.2, -0.15) is 0 Å². The summed E-state index contributed by atoms with van der Waals surface area (Å²) in [6.07, 6.45) is 2.74. The van der Waals surface area contributed by atoms with Gasteiger partial charge in [-0.1, -0.05) is 17.3 Å². The predicted octanol–water partition coefficient (Wildman–Crippen LogP) is 2.54. The molecule has 0 aliphatic heterocycles. The van der Waals surface area contributed by atoms with Gasteiger partial charge in [0.05, 0.1) is 10.6 Å². The Bertz CT molecular complexity index is 676. The van der Waals surface area contributed by atoms with Gasteiger partial charge in [-0.05, 0) is 18.6 Å². The molecule has 7 nitrogen and oxygen atoms in total. The Balaban J connectivity index is 2.03. The van der Waals surface area contributed by atoms with Crippen LogP contribution in [0, 0.1) is 17.0 Å². The molecular weight excluding hydrogens is 262 g/mol. The molecule has 0 atom stereocenters. The van der Waals surface area contributed by atoms with E-state index in [1.54, 1.807) is 25.1 Å². The molecular formula is C13H11N3O4. The summed E-state index contributed by atoms with van der Waals surface area (Å²) < 4.78 is 4.83. The molecule has 0 aliphatic carbocycles. The molecule has 102 valence electrons. The average molecular weight is 273 g/mol. The number of nitro groups is 1. The van der Waals surface area contributed by atoms with Gasteiger partial charge in [-0.3, -0.25) is 20.2 Å². The molecule has 0 aliphatic rings. The van der Waals surface area contributed by atoms with Crippen LogP contribution in [-0.2, 0) is 4.79 Å². The summed E-state index contributed by atoms with van der Waals surface area (Å²) >= 11 is 0. The second-order valence-corrected chi connectivity index (χ2v) is 4.01. The van der Waals surface area contributed by atoms with Crippen molar-refractivity contribution in [1.82, 2.24) is 5.16 Å². The van der Waals surface area contributed by atoms with E-state index in [1.165, 1.54) is 24.3 Å². The number of non-ortho nitro benzene ring substituents is 1. The Labute approximate surface area is 114 Å². The van der Waals surface area contributed by atoms with Crippen molar-refractivity contribution in [3.05, 3.63) is 57.8 Å². The fourth-order valence-electron chi connectivity index (χ4n) is 1.50. The molecule has 0 radical (unpaired) electrons. The van der Waals surface area contributed by atoms with Gasteiger partial charge in [0, 0.05) is 24.3 Å². The lowest BCUT2D eigenvalue weighted by Gasteiger charge is -1.96. The number of hydrogen-bond acceptors (Lipinski definition) is 5. The lowest BCUT2D eigenvalue weighted by Crippen LogP contribution is -2.06. The molecule has 1 aromatic carbocycles. The molecule has 1 aromatic heterocycles. The number of carbonyl (C=O) groups excluding carboxylic acids is 1. The van der Waals surface area contributed by atoms with Crippen molar-refractivity contribution in [2.75, 3.05) is 5.32 Å². The molecule has 2 aromatic rings. The zero-order chi connectivity index (χ0) is 14.5. The first kappa shape index (κ1) is 13.5. The van der Waals surface area contributed by atoms with Crippen LogP contribution in [0.4, 0.5) is 11.6 Å². The van der Waals surface area contributed by atoms with E-state index >= 15 is 0 Å². The number of aromatic nitrogens is 1. The number of nitrogens with one attached hydrogen (secondary N) is 1. The van der Waals surface area contributed by atoms with Crippen molar-refractivity contribution in [2.45, 2.75) is 6.92 Å².